The maximum Gasteiger partial charge on any atom is 0.347 e. The molecule has 0 radical (unpaired) electrons. The van der Waals surface area contributed by atoms with Gasteiger partial charge >= 0.3 is 5.69 Å². The molecule has 0 aliphatic heterocycles. The molecule has 0 fully saturated rings. The third kappa shape index (κ3) is 1.57. The van der Waals surface area contributed by atoms with Crippen molar-refractivity contribution >= 4 is 22.6 Å². The SMILES string of the molecule is O=c1[nH]ncn1-c1ccc(F)cc1I. The second kappa shape index (κ2) is 3.52. The standard InChI is InChI=1S/C8H5FIN3O/c9-5-1-2-7(6(10)3-5)13-4-11-12-8(13)14/h1-4H,(H,12,14). The number of hydrogen-bond donors (Lipinski definition) is 1. The van der Waals surface area contributed by atoms with E-state index in [1.807, 2.05) is 22.6 Å². The van der Waals surface area contributed by atoms with Gasteiger partial charge in [-0.3, -0.25) is 0 Å². The summed E-state index contributed by atoms with van der Waals surface area (Å²) in [5.41, 5.74) is 0.278. The van der Waals surface area contributed by atoms with Crippen LogP contribution in [-0.4, -0.2) is 14.8 Å². The number of aromatic nitrogens is 3. The van der Waals surface area contributed by atoms with Gasteiger partial charge in [-0.05, 0) is 40.8 Å². The van der Waals surface area contributed by atoms with Crippen LogP contribution in [0.5, 0.6) is 0 Å². The molecule has 0 saturated heterocycles. The normalized spacial score (nSPS) is 10.4. The molecule has 0 atom stereocenters. The van der Waals surface area contributed by atoms with Gasteiger partial charge < -0.3 is 0 Å². The highest BCUT2D eigenvalue weighted by atomic mass is 127. The molecule has 0 unspecified atom stereocenters. The summed E-state index contributed by atoms with van der Waals surface area (Å²) in [6.07, 6.45) is 1.36. The summed E-state index contributed by atoms with van der Waals surface area (Å²) < 4.78 is 14.8. The summed E-state index contributed by atoms with van der Waals surface area (Å²) in [6, 6.07) is 4.19. The lowest BCUT2D eigenvalue weighted by Crippen LogP contribution is -2.15. The first kappa shape index (κ1) is 9.38. The molecule has 0 saturated carbocycles. The molecule has 6 heteroatoms. The van der Waals surface area contributed by atoms with Gasteiger partial charge in [0.25, 0.3) is 0 Å². The molecule has 1 N–H and O–H groups in total. The number of nitrogens with zero attached hydrogens (tertiary/aromatic N) is 2. The van der Waals surface area contributed by atoms with Crippen molar-refractivity contribution in [3.05, 3.63) is 44.4 Å². The lowest BCUT2D eigenvalue weighted by Gasteiger charge is -2.02. The van der Waals surface area contributed by atoms with E-state index < -0.39 is 0 Å². The molecular weight excluding hydrogens is 300 g/mol. The molecule has 1 aromatic carbocycles. The van der Waals surface area contributed by atoms with Gasteiger partial charge in [0.2, 0.25) is 0 Å². The zero-order valence-electron chi connectivity index (χ0n) is 6.87. The van der Waals surface area contributed by atoms with Gasteiger partial charge in [-0.1, -0.05) is 0 Å². The summed E-state index contributed by atoms with van der Waals surface area (Å²) in [5.74, 6) is -0.324. The van der Waals surface area contributed by atoms with E-state index in [1.165, 1.54) is 29.1 Å². The van der Waals surface area contributed by atoms with Crippen LogP contribution in [-0.2, 0) is 0 Å². The van der Waals surface area contributed by atoms with Crippen LogP contribution in [0.4, 0.5) is 4.39 Å². The molecule has 0 bridgehead atoms. The zero-order chi connectivity index (χ0) is 10.1. The number of nitrogens with one attached hydrogen (secondary N) is 1. The predicted molar refractivity (Wildman–Crippen MR) is 56.9 cm³/mol. The van der Waals surface area contributed by atoms with Crippen LogP contribution in [0.15, 0.2) is 29.3 Å². The number of rotatable bonds is 1. The summed E-state index contributed by atoms with van der Waals surface area (Å²) >= 11 is 1.96. The fourth-order valence-electron chi connectivity index (χ4n) is 1.10. The van der Waals surface area contributed by atoms with Crippen LogP contribution in [0.3, 0.4) is 0 Å². The Hall–Kier alpha value is -1.18. The zero-order valence-corrected chi connectivity index (χ0v) is 9.03. The number of H-pyrrole nitrogens is 1. The highest BCUT2D eigenvalue weighted by Gasteiger charge is 2.05. The minimum Gasteiger partial charge on any atom is -0.249 e. The molecule has 0 aliphatic carbocycles. The summed E-state index contributed by atoms with van der Waals surface area (Å²) in [5, 5.41) is 5.86. The molecule has 2 rings (SSSR count). The third-order valence-electron chi connectivity index (χ3n) is 1.72. The van der Waals surface area contributed by atoms with Crippen LogP contribution in [0.25, 0.3) is 5.69 Å². The molecule has 2 aromatic rings. The average molecular weight is 305 g/mol. The van der Waals surface area contributed by atoms with E-state index in [-0.39, 0.29) is 11.5 Å². The number of hydrogen-bond acceptors (Lipinski definition) is 2. The largest absolute Gasteiger partial charge is 0.347 e. The van der Waals surface area contributed by atoms with Crippen molar-refractivity contribution < 1.29 is 4.39 Å². The number of aromatic amines is 1. The summed E-state index contributed by atoms with van der Waals surface area (Å²) in [7, 11) is 0. The third-order valence-corrected chi connectivity index (χ3v) is 2.59. The van der Waals surface area contributed by atoms with Crippen molar-refractivity contribution in [2.24, 2.45) is 0 Å². The van der Waals surface area contributed by atoms with E-state index in [9.17, 15) is 9.18 Å². The van der Waals surface area contributed by atoms with Crippen molar-refractivity contribution in [2.45, 2.75) is 0 Å². The fraction of sp³-hybridized carbons (Fsp3) is 0. The van der Waals surface area contributed by atoms with Crippen molar-refractivity contribution in [2.75, 3.05) is 0 Å². The Morgan fingerprint density at radius 3 is 2.86 bits per heavy atom. The van der Waals surface area contributed by atoms with Crippen molar-refractivity contribution in [1.29, 1.82) is 0 Å². The van der Waals surface area contributed by atoms with E-state index in [0.29, 0.717) is 9.26 Å². The van der Waals surface area contributed by atoms with Crippen LogP contribution < -0.4 is 5.69 Å². The Bertz CT molecular complexity index is 519. The highest BCUT2D eigenvalue weighted by Crippen LogP contribution is 2.16. The van der Waals surface area contributed by atoms with Crippen molar-refractivity contribution in [3.63, 3.8) is 0 Å². The van der Waals surface area contributed by atoms with Crippen LogP contribution in [0.1, 0.15) is 0 Å². The molecule has 4 nitrogen and oxygen atoms in total. The van der Waals surface area contributed by atoms with E-state index in [1.54, 1.807) is 0 Å². The van der Waals surface area contributed by atoms with Gasteiger partial charge in [0.05, 0.1) is 5.69 Å². The Morgan fingerprint density at radius 2 is 2.29 bits per heavy atom. The summed E-state index contributed by atoms with van der Waals surface area (Å²) in [6.45, 7) is 0. The molecular formula is C8H5FIN3O. The first-order valence-corrected chi connectivity index (χ1v) is 4.84. The monoisotopic (exact) mass is 305 g/mol. The quantitative estimate of drug-likeness (QED) is 0.808. The maximum atomic E-state index is 12.8. The molecule has 1 aromatic heterocycles. The minimum atomic E-state index is -0.338. The second-order valence-corrected chi connectivity index (χ2v) is 3.79. The smallest absolute Gasteiger partial charge is 0.249 e. The Labute approximate surface area is 91.9 Å². The molecule has 0 aliphatic rings. The van der Waals surface area contributed by atoms with E-state index in [0.717, 1.165) is 0 Å². The van der Waals surface area contributed by atoms with Crippen LogP contribution in [0.2, 0.25) is 0 Å². The molecule has 1 heterocycles. The van der Waals surface area contributed by atoms with Gasteiger partial charge in [-0.2, -0.15) is 5.10 Å². The molecule has 14 heavy (non-hydrogen) atoms. The van der Waals surface area contributed by atoms with Crippen molar-refractivity contribution in [3.8, 4) is 5.69 Å². The Balaban J connectivity index is 2.63. The first-order valence-electron chi connectivity index (χ1n) is 3.76. The van der Waals surface area contributed by atoms with E-state index >= 15 is 0 Å². The van der Waals surface area contributed by atoms with Crippen molar-refractivity contribution in [1.82, 2.24) is 14.8 Å². The first-order chi connectivity index (χ1) is 6.68. The van der Waals surface area contributed by atoms with Gasteiger partial charge in [0, 0.05) is 3.57 Å². The van der Waals surface area contributed by atoms with Gasteiger partial charge in [-0.25, -0.2) is 18.9 Å². The Kier molecular flexibility index (Phi) is 2.36. The molecule has 72 valence electrons. The maximum absolute atomic E-state index is 12.8. The van der Waals surface area contributed by atoms with Gasteiger partial charge in [0.1, 0.15) is 12.1 Å². The minimum absolute atomic E-state index is 0.324. The molecule has 0 spiro atoms. The lowest BCUT2D eigenvalue weighted by atomic mass is 10.3. The average Bonchev–Trinajstić information content (AvgIpc) is 2.52. The predicted octanol–water partition coefficient (Wildman–Crippen LogP) is 1.30. The number of halogens is 2. The van der Waals surface area contributed by atoms with Crippen LogP contribution in [0, 0.1) is 9.39 Å². The van der Waals surface area contributed by atoms with E-state index in [2.05, 4.69) is 10.2 Å². The second-order valence-electron chi connectivity index (χ2n) is 2.63. The van der Waals surface area contributed by atoms with Crippen LogP contribution >= 0.6 is 22.6 Å². The fourth-order valence-corrected chi connectivity index (χ4v) is 1.83. The topological polar surface area (TPSA) is 50.7 Å². The van der Waals surface area contributed by atoms with Gasteiger partial charge in [0.15, 0.2) is 0 Å². The lowest BCUT2D eigenvalue weighted by molar-refractivity contribution is 0.626. The number of benzene rings is 1. The summed E-state index contributed by atoms with van der Waals surface area (Å²) in [4.78, 5) is 11.2. The van der Waals surface area contributed by atoms with Gasteiger partial charge in [-0.15, -0.1) is 0 Å². The Morgan fingerprint density at radius 1 is 1.50 bits per heavy atom. The highest BCUT2D eigenvalue weighted by molar-refractivity contribution is 14.1. The molecule has 0 amide bonds. The van der Waals surface area contributed by atoms with E-state index in [4.69, 9.17) is 0 Å².